The van der Waals surface area contributed by atoms with E-state index in [9.17, 15) is 4.79 Å². The first-order valence-corrected chi connectivity index (χ1v) is 7.38. The number of hydrogen-bond donors (Lipinski definition) is 2. The van der Waals surface area contributed by atoms with Gasteiger partial charge in [0.05, 0.1) is 5.56 Å². The fourth-order valence-electron chi connectivity index (χ4n) is 3.55. The maximum atomic E-state index is 12.7. The smallest absolute Gasteiger partial charge is 0.262 e. The van der Waals surface area contributed by atoms with Crippen molar-refractivity contribution in [2.45, 2.75) is 44.7 Å². The number of nitrogens with two attached hydrogens (primary N) is 1. The number of aromatic nitrogens is 1. The maximum absolute atomic E-state index is 12.7. The molecule has 0 bridgehead atoms. The second-order valence-corrected chi connectivity index (χ2v) is 6.04. The van der Waals surface area contributed by atoms with Crippen LogP contribution in [0, 0.1) is 5.41 Å². The summed E-state index contributed by atoms with van der Waals surface area (Å²) in [5.74, 6) is -0.113. The molecule has 1 aromatic heterocycles. The van der Waals surface area contributed by atoms with Crippen LogP contribution in [-0.2, 0) is 13.0 Å². The van der Waals surface area contributed by atoms with Crippen molar-refractivity contribution in [3.05, 3.63) is 33.2 Å². The van der Waals surface area contributed by atoms with Gasteiger partial charge in [0.2, 0.25) is 0 Å². The zero-order valence-corrected chi connectivity index (χ0v) is 12.0. The van der Waals surface area contributed by atoms with Crippen molar-refractivity contribution in [2.75, 3.05) is 13.6 Å². The summed E-state index contributed by atoms with van der Waals surface area (Å²) in [6.07, 6.45) is 5.44. The number of nitrogens with zero attached hydrogens (tertiary/aromatic N) is 2. The number of pyridine rings is 1. The molecular weight excluding hydrogens is 252 g/mol. The Morgan fingerprint density at radius 2 is 2.10 bits per heavy atom. The average molecular weight is 274 g/mol. The lowest BCUT2D eigenvalue weighted by Crippen LogP contribution is -2.38. The standard InChI is InChI=1S/C15H22N4O/c1-18-7-6-13-10(9-18)8-12(14(16)17)15(20)19(13)11-4-2-3-5-11/h8,11H,2-7,9H2,1H3,(H3,16,17). The van der Waals surface area contributed by atoms with Crippen molar-refractivity contribution >= 4 is 5.84 Å². The molecule has 0 radical (unpaired) electrons. The van der Waals surface area contributed by atoms with Gasteiger partial charge in [0.15, 0.2) is 0 Å². The molecule has 0 saturated heterocycles. The van der Waals surface area contributed by atoms with Crippen LogP contribution in [0.5, 0.6) is 0 Å². The first-order chi connectivity index (χ1) is 9.58. The molecule has 0 unspecified atom stereocenters. The minimum atomic E-state index is -0.113. The Bertz CT molecular complexity index is 599. The van der Waals surface area contributed by atoms with E-state index in [0.29, 0.717) is 11.6 Å². The van der Waals surface area contributed by atoms with Crippen LogP contribution in [0.1, 0.15) is 48.5 Å². The Kier molecular flexibility index (Phi) is 3.38. The van der Waals surface area contributed by atoms with Crippen LogP contribution in [0.4, 0.5) is 0 Å². The molecule has 3 N–H and O–H groups in total. The lowest BCUT2D eigenvalue weighted by atomic mass is 10.0. The molecule has 1 aromatic rings. The Morgan fingerprint density at radius 1 is 1.40 bits per heavy atom. The molecule has 0 spiro atoms. The Labute approximate surface area is 118 Å². The molecule has 1 aliphatic heterocycles. The molecule has 0 aromatic carbocycles. The van der Waals surface area contributed by atoms with E-state index in [0.717, 1.165) is 37.9 Å². The number of rotatable bonds is 2. The number of amidine groups is 1. The van der Waals surface area contributed by atoms with Gasteiger partial charge in [-0.05, 0) is 31.5 Å². The van der Waals surface area contributed by atoms with Gasteiger partial charge < -0.3 is 15.2 Å². The van der Waals surface area contributed by atoms with Gasteiger partial charge in [0.25, 0.3) is 5.56 Å². The van der Waals surface area contributed by atoms with Gasteiger partial charge >= 0.3 is 0 Å². The summed E-state index contributed by atoms with van der Waals surface area (Å²) in [7, 11) is 2.08. The summed E-state index contributed by atoms with van der Waals surface area (Å²) in [5, 5.41) is 7.66. The largest absolute Gasteiger partial charge is 0.384 e. The van der Waals surface area contributed by atoms with Gasteiger partial charge in [-0.15, -0.1) is 0 Å². The number of likely N-dealkylation sites (N-methyl/N-ethyl adjacent to an activating group) is 1. The summed E-state index contributed by atoms with van der Waals surface area (Å²) < 4.78 is 1.96. The van der Waals surface area contributed by atoms with Crippen molar-refractivity contribution in [3.63, 3.8) is 0 Å². The first-order valence-electron chi connectivity index (χ1n) is 7.38. The molecule has 2 aliphatic rings. The highest BCUT2D eigenvalue weighted by Crippen LogP contribution is 2.31. The van der Waals surface area contributed by atoms with E-state index in [1.807, 2.05) is 10.6 Å². The highest BCUT2D eigenvalue weighted by Gasteiger charge is 2.26. The van der Waals surface area contributed by atoms with Gasteiger partial charge in [-0.2, -0.15) is 0 Å². The van der Waals surface area contributed by atoms with Crippen LogP contribution in [0.3, 0.4) is 0 Å². The zero-order valence-electron chi connectivity index (χ0n) is 12.0. The zero-order chi connectivity index (χ0) is 14.3. The van der Waals surface area contributed by atoms with E-state index < -0.39 is 0 Å². The second kappa shape index (κ2) is 5.05. The first kappa shape index (κ1) is 13.4. The lowest BCUT2D eigenvalue weighted by Gasteiger charge is -2.30. The van der Waals surface area contributed by atoms with E-state index >= 15 is 0 Å². The summed E-state index contributed by atoms with van der Waals surface area (Å²) in [6, 6.07) is 2.14. The van der Waals surface area contributed by atoms with Crippen molar-refractivity contribution < 1.29 is 0 Å². The van der Waals surface area contributed by atoms with Crippen LogP contribution < -0.4 is 11.3 Å². The minimum absolute atomic E-state index is 0.0623. The summed E-state index contributed by atoms with van der Waals surface area (Å²) in [6.45, 7) is 1.82. The topological polar surface area (TPSA) is 75.1 Å². The molecule has 5 nitrogen and oxygen atoms in total. The summed E-state index contributed by atoms with van der Waals surface area (Å²) in [4.78, 5) is 14.9. The third-order valence-corrected chi connectivity index (χ3v) is 4.58. The third kappa shape index (κ3) is 2.16. The van der Waals surface area contributed by atoms with Crippen LogP contribution in [-0.4, -0.2) is 28.9 Å². The molecule has 0 atom stereocenters. The van der Waals surface area contributed by atoms with E-state index in [2.05, 4.69) is 11.9 Å². The van der Waals surface area contributed by atoms with E-state index in [1.54, 1.807) is 0 Å². The Hall–Kier alpha value is -1.62. The maximum Gasteiger partial charge on any atom is 0.262 e. The van der Waals surface area contributed by atoms with Crippen molar-refractivity contribution in [2.24, 2.45) is 5.73 Å². The molecule has 108 valence electrons. The van der Waals surface area contributed by atoms with Crippen LogP contribution in [0.15, 0.2) is 10.9 Å². The average Bonchev–Trinajstić information content (AvgIpc) is 2.91. The number of nitrogen functional groups attached to an aromatic ring is 1. The van der Waals surface area contributed by atoms with Crippen LogP contribution in [0.25, 0.3) is 0 Å². The molecular formula is C15H22N4O. The number of nitrogens with one attached hydrogen (secondary N) is 1. The van der Waals surface area contributed by atoms with Crippen molar-refractivity contribution in [1.29, 1.82) is 5.41 Å². The predicted octanol–water partition coefficient (Wildman–Crippen LogP) is 1.24. The van der Waals surface area contributed by atoms with Crippen LogP contribution >= 0.6 is 0 Å². The molecule has 0 amide bonds. The van der Waals surface area contributed by atoms with Crippen molar-refractivity contribution in [3.8, 4) is 0 Å². The molecule has 5 heteroatoms. The van der Waals surface area contributed by atoms with E-state index in [4.69, 9.17) is 11.1 Å². The third-order valence-electron chi connectivity index (χ3n) is 4.58. The van der Waals surface area contributed by atoms with Crippen molar-refractivity contribution in [1.82, 2.24) is 9.47 Å². The fourth-order valence-corrected chi connectivity index (χ4v) is 3.55. The summed E-state index contributed by atoms with van der Waals surface area (Å²) >= 11 is 0. The molecule has 3 rings (SSSR count). The summed E-state index contributed by atoms with van der Waals surface area (Å²) in [5.41, 5.74) is 8.24. The molecule has 1 saturated carbocycles. The number of hydrogen-bond acceptors (Lipinski definition) is 3. The lowest BCUT2D eigenvalue weighted by molar-refractivity contribution is 0.299. The van der Waals surface area contributed by atoms with Gasteiger partial charge in [-0.3, -0.25) is 10.2 Å². The Balaban J connectivity index is 2.19. The second-order valence-electron chi connectivity index (χ2n) is 6.04. The van der Waals surface area contributed by atoms with Gasteiger partial charge in [0.1, 0.15) is 5.84 Å². The van der Waals surface area contributed by atoms with E-state index in [-0.39, 0.29) is 11.4 Å². The molecule has 1 aliphatic carbocycles. The SMILES string of the molecule is CN1CCc2c(cc(C(=N)N)c(=O)n2C2CCCC2)C1. The van der Waals surface area contributed by atoms with Gasteiger partial charge in [-0.1, -0.05) is 12.8 Å². The molecule has 1 fully saturated rings. The monoisotopic (exact) mass is 274 g/mol. The quantitative estimate of drug-likeness (QED) is 0.629. The van der Waals surface area contributed by atoms with Gasteiger partial charge in [0, 0.05) is 31.2 Å². The normalized spacial score (nSPS) is 20.1. The predicted molar refractivity (Wildman–Crippen MR) is 79.3 cm³/mol. The minimum Gasteiger partial charge on any atom is -0.384 e. The Morgan fingerprint density at radius 3 is 2.75 bits per heavy atom. The highest BCUT2D eigenvalue weighted by molar-refractivity contribution is 5.94. The van der Waals surface area contributed by atoms with Gasteiger partial charge in [-0.25, -0.2) is 0 Å². The fraction of sp³-hybridized carbons (Fsp3) is 0.600. The number of fused-ring (bicyclic) bond motifs is 1. The molecule has 2 heterocycles. The van der Waals surface area contributed by atoms with Crippen LogP contribution in [0.2, 0.25) is 0 Å². The highest BCUT2D eigenvalue weighted by atomic mass is 16.1. The van der Waals surface area contributed by atoms with E-state index in [1.165, 1.54) is 18.5 Å². The molecule has 20 heavy (non-hydrogen) atoms.